The molecular weight excluding hydrogens is 647 g/mol. The lowest BCUT2D eigenvalue weighted by molar-refractivity contribution is 1.18. The van der Waals surface area contributed by atoms with Crippen LogP contribution in [0.5, 0.6) is 0 Å². The lowest BCUT2D eigenvalue weighted by Crippen LogP contribution is -2.50. The van der Waals surface area contributed by atoms with Gasteiger partial charge in [0, 0.05) is 38.5 Å². The summed E-state index contributed by atoms with van der Waals surface area (Å²) in [5, 5.41) is 5.11. The van der Waals surface area contributed by atoms with Crippen LogP contribution >= 0.6 is 0 Å². The Morgan fingerprint density at radius 3 is 1.67 bits per heavy atom. The number of nitrogens with zero attached hydrogens (tertiary/aromatic N) is 3. The molecule has 0 saturated carbocycles. The molecule has 1 aliphatic rings. The fraction of sp³-hybridized carbons (Fsp3) is 0.0417. The van der Waals surface area contributed by atoms with Gasteiger partial charge in [0.15, 0.2) is 5.82 Å². The van der Waals surface area contributed by atoms with E-state index in [2.05, 4.69) is 188 Å². The molecular formula is C48H35N3Si. The van der Waals surface area contributed by atoms with Crippen molar-refractivity contribution in [3.8, 4) is 61.7 Å². The Morgan fingerprint density at radius 2 is 0.981 bits per heavy atom. The normalized spacial score (nSPS) is 13.0. The summed E-state index contributed by atoms with van der Waals surface area (Å²) in [5.41, 5.74) is 13.9. The summed E-state index contributed by atoms with van der Waals surface area (Å²) in [6, 6.07) is 63.3. The highest BCUT2D eigenvalue weighted by atomic mass is 28.3. The van der Waals surface area contributed by atoms with Gasteiger partial charge in [-0.05, 0) is 75.5 Å². The van der Waals surface area contributed by atoms with Gasteiger partial charge in [-0.3, -0.25) is 0 Å². The first-order valence-electron chi connectivity index (χ1n) is 17.9. The van der Waals surface area contributed by atoms with E-state index >= 15 is 0 Å². The number of aromatic nitrogens is 3. The van der Waals surface area contributed by atoms with Crippen molar-refractivity contribution in [3.05, 3.63) is 176 Å². The van der Waals surface area contributed by atoms with Gasteiger partial charge < -0.3 is 4.57 Å². The fourth-order valence-electron chi connectivity index (χ4n) is 8.18. The van der Waals surface area contributed by atoms with Crippen LogP contribution in [0.25, 0.3) is 83.5 Å². The monoisotopic (exact) mass is 681 g/mol. The largest absolute Gasteiger partial charge is 0.309 e. The summed E-state index contributed by atoms with van der Waals surface area (Å²) in [5.74, 6) is 0.789. The minimum atomic E-state index is -2.05. The smallest absolute Gasteiger partial charge is 0.159 e. The molecule has 0 N–H and O–H groups in total. The number of para-hydroxylation sites is 1. The highest BCUT2D eigenvalue weighted by Crippen LogP contribution is 2.40. The summed E-state index contributed by atoms with van der Waals surface area (Å²) in [6.07, 6.45) is 0. The maximum atomic E-state index is 5.36. The van der Waals surface area contributed by atoms with Gasteiger partial charge in [-0.2, -0.15) is 0 Å². The zero-order valence-corrected chi connectivity index (χ0v) is 30.1. The Kier molecular flexibility index (Phi) is 6.95. The molecule has 7 aromatic carbocycles. The van der Waals surface area contributed by atoms with E-state index in [9.17, 15) is 0 Å². The summed E-state index contributed by atoms with van der Waals surface area (Å²) in [4.78, 5) is 10.7. The second-order valence-electron chi connectivity index (χ2n) is 14.2. The van der Waals surface area contributed by atoms with Crippen LogP contribution in [0.4, 0.5) is 0 Å². The Labute approximate surface area is 304 Å². The second kappa shape index (κ2) is 11.9. The molecule has 2 aromatic heterocycles. The molecule has 3 nitrogen and oxygen atoms in total. The highest BCUT2D eigenvalue weighted by Gasteiger charge is 2.41. The zero-order chi connectivity index (χ0) is 34.8. The topological polar surface area (TPSA) is 30.7 Å². The van der Waals surface area contributed by atoms with E-state index < -0.39 is 8.07 Å². The molecule has 0 fully saturated rings. The number of rotatable bonds is 5. The molecule has 0 aliphatic carbocycles. The maximum Gasteiger partial charge on any atom is 0.159 e. The molecule has 3 heterocycles. The van der Waals surface area contributed by atoms with Gasteiger partial charge >= 0.3 is 0 Å². The van der Waals surface area contributed by atoms with Gasteiger partial charge in [0.25, 0.3) is 0 Å². The predicted octanol–water partition coefficient (Wildman–Crippen LogP) is 11.0. The summed E-state index contributed by atoms with van der Waals surface area (Å²) < 4.78 is 2.39. The number of benzene rings is 7. The van der Waals surface area contributed by atoms with E-state index in [-0.39, 0.29) is 0 Å². The van der Waals surface area contributed by atoms with Crippen LogP contribution in [0, 0.1) is 0 Å². The molecule has 0 bridgehead atoms. The molecule has 0 unspecified atom stereocenters. The van der Waals surface area contributed by atoms with Crippen LogP contribution in [0.1, 0.15) is 0 Å². The molecule has 0 saturated heterocycles. The van der Waals surface area contributed by atoms with Crippen LogP contribution in [-0.2, 0) is 0 Å². The van der Waals surface area contributed by atoms with E-state index in [1.165, 1.54) is 60.1 Å². The standard InChI is InChI=1S/C48H35N3Si/c1-52(2)44-24-13-12-23-39(44)45-46(49-47(50-48(45)52)33-17-8-4-9-18-33)37-20-14-19-34(29-37)36-26-28-43-41(31-36)40-30-35(32-15-6-3-7-16-32)25-27-42(40)51(43)38-21-10-5-11-22-38/h3-31H,1-2H3. The second-order valence-corrected chi connectivity index (χ2v) is 18.5. The van der Waals surface area contributed by atoms with E-state index in [0.717, 1.165) is 33.9 Å². The first-order valence-corrected chi connectivity index (χ1v) is 20.9. The highest BCUT2D eigenvalue weighted by molar-refractivity contribution is 7.03. The van der Waals surface area contributed by atoms with Gasteiger partial charge in [0.05, 0.1) is 16.7 Å². The van der Waals surface area contributed by atoms with E-state index in [4.69, 9.17) is 9.97 Å². The molecule has 246 valence electrons. The Bertz CT molecular complexity index is 2800. The van der Waals surface area contributed by atoms with E-state index in [1.807, 2.05) is 6.07 Å². The van der Waals surface area contributed by atoms with Gasteiger partial charge in [0.1, 0.15) is 8.07 Å². The molecule has 1 aliphatic heterocycles. The van der Waals surface area contributed by atoms with E-state index in [0.29, 0.717) is 0 Å². The van der Waals surface area contributed by atoms with Crippen molar-refractivity contribution >= 4 is 40.4 Å². The molecule has 0 radical (unpaired) electrons. The Hall–Kier alpha value is -6.36. The van der Waals surface area contributed by atoms with Crippen molar-refractivity contribution in [2.75, 3.05) is 0 Å². The van der Waals surface area contributed by atoms with Crippen molar-refractivity contribution in [2.24, 2.45) is 0 Å². The van der Waals surface area contributed by atoms with Crippen LogP contribution in [-0.4, -0.2) is 22.6 Å². The Morgan fingerprint density at radius 1 is 0.442 bits per heavy atom. The quantitative estimate of drug-likeness (QED) is 0.169. The molecule has 4 heteroatoms. The summed E-state index contributed by atoms with van der Waals surface area (Å²) >= 11 is 0. The minimum Gasteiger partial charge on any atom is -0.309 e. The summed E-state index contributed by atoms with van der Waals surface area (Å²) in [6.45, 7) is 4.84. The number of hydrogen-bond acceptors (Lipinski definition) is 2. The third-order valence-corrected chi connectivity index (χ3v) is 14.1. The lowest BCUT2D eigenvalue weighted by Gasteiger charge is -2.19. The first kappa shape index (κ1) is 30.5. The van der Waals surface area contributed by atoms with Crippen molar-refractivity contribution in [1.29, 1.82) is 0 Å². The van der Waals surface area contributed by atoms with Crippen molar-refractivity contribution < 1.29 is 0 Å². The number of fused-ring (bicyclic) bond motifs is 6. The van der Waals surface area contributed by atoms with Crippen LogP contribution in [0.3, 0.4) is 0 Å². The third-order valence-electron chi connectivity index (χ3n) is 10.8. The van der Waals surface area contributed by atoms with Crippen LogP contribution in [0.2, 0.25) is 13.1 Å². The van der Waals surface area contributed by atoms with Gasteiger partial charge in [-0.25, -0.2) is 9.97 Å². The van der Waals surface area contributed by atoms with E-state index in [1.54, 1.807) is 0 Å². The van der Waals surface area contributed by atoms with Gasteiger partial charge in [-0.1, -0.05) is 147 Å². The molecule has 10 rings (SSSR count). The molecule has 52 heavy (non-hydrogen) atoms. The van der Waals surface area contributed by atoms with Crippen LogP contribution in [0.15, 0.2) is 176 Å². The van der Waals surface area contributed by atoms with Gasteiger partial charge in [-0.15, -0.1) is 0 Å². The molecule has 0 amide bonds. The van der Waals surface area contributed by atoms with Crippen molar-refractivity contribution in [3.63, 3.8) is 0 Å². The molecule has 9 aromatic rings. The third kappa shape index (κ3) is 4.79. The first-order chi connectivity index (χ1) is 25.5. The predicted molar refractivity (Wildman–Crippen MR) is 220 cm³/mol. The minimum absolute atomic E-state index is 0.789. The Balaban J connectivity index is 1.17. The fourth-order valence-corrected chi connectivity index (χ4v) is 11.1. The average molecular weight is 682 g/mol. The van der Waals surface area contributed by atoms with Gasteiger partial charge in [0.2, 0.25) is 0 Å². The lowest BCUT2D eigenvalue weighted by atomic mass is 9.96. The van der Waals surface area contributed by atoms with Crippen LogP contribution < -0.4 is 10.5 Å². The number of hydrogen-bond donors (Lipinski definition) is 0. The maximum absolute atomic E-state index is 5.36. The van der Waals surface area contributed by atoms with Crippen molar-refractivity contribution in [2.45, 2.75) is 13.1 Å². The molecule has 0 spiro atoms. The summed E-state index contributed by atoms with van der Waals surface area (Å²) in [7, 11) is -2.05. The van der Waals surface area contributed by atoms with Crippen molar-refractivity contribution in [1.82, 2.24) is 14.5 Å². The zero-order valence-electron chi connectivity index (χ0n) is 29.1. The molecule has 0 atom stereocenters. The average Bonchev–Trinajstić information content (AvgIpc) is 3.66. The SMILES string of the molecule is C[Si]1(C)c2ccccc2-c2c(-c3cccc(-c4ccc5c(c4)c4cc(-c6ccccc6)ccc4n5-c4ccccc4)c3)nc(-c3ccccc3)nc21.